The van der Waals surface area contributed by atoms with Gasteiger partial charge in [0.2, 0.25) is 0 Å². The van der Waals surface area contributed by atoms with E-state index < -0.39 is 18.6 Å². The van der Waals surface area contributed by atoms with Crippen LogP contribution in [0, 0.1) is 0 Å². The van der Waals surface area contributed by atoms with Gasteiger partial charge in [-0.05, 0) is 26.0 Å². The van der Waals surface area contributed by atoms with Crippen molar-refractivity contribution in [3.63, 3.8) is 0 Å². The summed E-state index contributed by atoms with van der Waals surface area (Å²) in [6, 6.07) is 2.79. The molecule has 1 heterocycles. The van der Waals surface area contributed by atoms with Gasteiger partial charge in [0, 0.05) is 0 Å². The zero-order valence-electron chi connectivity index (χ0n) is 9.91. The third-order valence-corrected chi connectivity index (χ3v) is 1.79. The van der Waals surface area contributed by atoms with Gasteiger partial charge in [-0.3, -0.25) is 4.79 Å². The van der Waals surface area contributed by atoms with Gasteiger partial charge in [0.25, 0.3) is 5.91 Å². The normalized spacial score (nSPS) is 11.4. The van der Waals surface area contributed by atoms with Crippen molar-refractivity contribution in [1.29, 1.82) is 0 Å². The highest BCUT2D eigenvalue weighted by molar-refractivity contribution is 5.92. The van der Waals surface area contributed by atoms with Gasteiger partial charge in [-0.1, -0.05) is 0 Å². The number of pyridine rings is 1. The van der Waals surface area contributed by atoms with E-state index in [2.05, 4.69) is 4.98 Å². The van der Waals surface area contributed by atoms with E-state index in [0.717, 1.165) is 0 Å². The van der Waals surface area contributed by atoms with E-state index in [0.29, 0.717) is 5.75 Å². The fourth-order valence-electron chi connectivity index (χ4n) is 1.13. The molecular weight excluding hydrogens is 249 g/mol. The predicted molar refractivity (Wildman–Crippen MR) is 58.4 cm³/mol. The third-order valence-electron chi connectivity index (χ3n) is 1.79. The van der Waals surface area contributed by atoms with Crippen LogP contribution in [-0.4, -0.2) is 29.7 Å². The summed E-state index contributed by atoms with van der Waals surface area (Å²) < 4.78 is 40.9. The Kier molecular flexibility index (Phi) is 4.52. The fourth-order valence-corrected chi connectivity index (χ4v) is 1.13. The minimum absolute atomic E-state index is 0.0447. The predicted octanol–water partition coefficient (Wildman–Crippen LogP) is 2.16. The number of rotatable bonds is 4. The molecule has 0 fully saturated rings. The molecule has 18 heavy (non-hydrogen) atoms. The van der Waals surface area contributed by atoms with Crippen LogP contribution in [0.15, 0.2) is 18.3 Å². The quantitative estimate of drug-likeness (QED) is 0.904. The lowest BCUT2D eigenvalue weighted by atomic mass is 10.3. The van der Waals surface area contributed by atoms with Crippen molar-refractivity contribution in [2.45, 2.75) is 26.1 Å². The molecule has 1 aromatic rings. The van der Waals surface area contributed by atoms with Crippen molar-refractivity contribution < 1.29 is 22.7 Å². The first-order valence-corrected chi connectivity index (χ1v) is 5.25. The molecule has 0 unspecified atom stereocenters. The Labute approximate surface area is 102 Å². The van der Waals surface area contributed by atoms with Crippen LogP contribution in [0.5, 0.6) is 5.75 Å². The second-order valence-corrected chi connectivity index (χ2v) is 3.84. The number of aromatic nitrogens is 1. The van der Waals surface area contributed by atoms with Crippen LogP contribution < -0.4 is 10.1 Å². The molecule has 0 bridgehead atoms. The smallest absolute Gasteiger partial charge is 0.405 e. The molecule has 0 aliphatic heterocycles. The molecule has 1 aromatic heterocycles. The molecule has 0 aliphatic rings. The first kappa shape index (κ1) is 14.3. The summed E-state index contributed by atoms with van der Waals surface area (Å²) in [5.41, 5.74) is -0.0876. The Balaban J connectivity index is 2.59. The second kappa shape index (κ2) is 5.70. The maximum Gasteiger partial charge on any atom is 0.405 e. The van der Waals surface area contributed by atoms with E-state index in [4.69, 9.17) is 4.74 Å². The summed E-state index contributed by atoms with van der Waals surface area (Å²) in [6.07, 6.45) is -3.18. The Morgan fingerprint density at radius 3 is 2.56 bits per heavy atom. The van der Waals surface area contributed by atoms with Crippen LogP contribution in [0.1, 0.15) is 24.3 Å². The van der Waals surface area contributed by atoms with Crippen LogP contribution in [0.2, 0.25) is 0 Å². The molecule has 4 nitrogen and oxygen atoms in total. The highest BCUT2D eigenvalue weighted by Gasteiger charge is 2.28. The lowest BCUT2D eigenvalue weighted by Crippen LogP contribution is -2.34. The molecule has 7 heteroatoms. The molecule has 0 radical (unpaired) electrons. The van der Waals surface area contributed by atoms with E-state index in [1.54, 1.807) is 5.32 Å². The number of alkyl halides is 3. The number of hydrogen-bond donors (Lipinski definition) is 1. The number of amides is 1. The van der Waals surface area contributed by atoms with Gasteiger partial charge in [0.15, 0.2) is 0 Å². The van der Waals surface area contributed by atoms with E-state index in [9.17, 15) is 18.0 Å². The van der Waals surface area contributed by atoms with Gasteiger partial charge in [-0.2, -0.15) is 13.2 Å². The molecular formula is C11H13F3N2O2. The average molecular weight is 262 g/mol. The number of nitrogens with zero attached hydrogens (tertiary/aromatic N) is 1. The molecule has 0 aliphatic carbocycles. The first-order valence-electron chi connectivity index (χ1n) is 5.25. The molecule has 0 saturated heterocycles. The monoisotopic (exact) mass is 262 g/mol. The van der Waals surface area contributed by atoms with Crippen LogP contribution >= 0.6 is 0 Å². The standard InChI is InChI=1S/C11H13F3N2O2/c1-7(2)18-8-3-4-9(15-5-8)10(17)16-6-11(12,13)14/h3-5,7H,6H2,1-2H3,(H,16,17). The molecule has 0 aromatic carbocycles. The SMILES string of the molecule is CC(C)Oc1ccc(C(=O)NCC(F)(F)F)nc1. The minimum Gasteiger partial charge on any atom is -0.489 e. The van der Waals surface area contributed by atoms with Gasteiger partial charge in [-0.15, -0.1) is 0 Å². The van der Waals surface area contributed by atoms with Crippen molar-refractivity contribution in [1.82, 2.24) is 10.3 Å². The van der Waals surface area contributed by atoms with Crippen molar-refractivity contribution in [3.8, 4) is 5.75 Å². The van der Waals surface area contributed by atoms with E-state index in [-0.39, 0.29) is 11.8 Å². The zero-order valence-corrected chi connectivity index (χ0v) is 9.91. The van der Waals surface area contributed by atoms with Gasteiger partial charge in [0.1, 0.15) is 18.0 Å². The first-order chi connectivity index (χ1) is 8.28. The van der Waals surface area contributed by atoms with Crippen molar-refractivity contribution in [2.75, 3.05) is 6.54 Å². The number of nitrogens with one attached hydrogen (secondary N) is 1. The highest BCUT2D eigenvalue weighted by Crippen LogP contribution is 2.13. The molecule has 1 rings (SSSR count). The molecule has 100 valence electrons. The summed E-state index contributed by atoms with van der Waals surface area (Å²) in [7, 11) is 0. The average Bonchev–Trinajstić information content (AvgIpc) is 2.25. The van der Waals surface area contributed by atoms with Crippen molar-refractivity contribution in [3.05, 3.63) is 24.0 Å². The molecule has 1 N–H and O–H groups in total. The summed E-state index contributed by atoms with van der Waals surface area (Å²) in [5.74, 6) is -0.416. The topological polar surface area (TPSA) is 51.2 Å². The Morgan fingerprint density at radius 1 is 1.44 bits per heavy atom. The molecule has 1 amide bonds. The largest absolute Gasteiger partial charge is 0.489 e. The van der Waals surface area contributed by atoms with Crippen molar-refractivity contribution >= 4 is 5.91 Å². The van der Waals surface area contributed by atoms with Crippen LogP contribution in [-0.2, 0) is 0 Å². The lowest BCUT2D eigenvalue weighted by molar-refractivity contribution is -0.123. The van der Waals surface area contributed by atoms with Crippen molar-refractivity contribution in [2.24, 2.45) is 0 Å². The van der Waals surface area contributed by atoms with Gasteiger partial charge in [0.05, 0.1) is 12.3 Å². The lowest BCUT2D eigenvalue weighted by Gasteiger charge is -2.10. The van der Waals surface area contributed by atoms with E-state index in [1.165, 1.54) is 18.3 Å². The Hall–Kier alpha value is -1.79. The molecule has 0 spiro atoms. The highest BCUT2D eigenvalue weighted by atomic mass is 19.4. The van der Waals surface area contributed by atoms with Crippen LogP contribution in [0.25, 0.3) is 0 Å². The summed E-state index contributed by atoms with van der Waals surface area (Å²) >= 11 is 0. The fraction of sp³-hybridized carbons (Fsp3) is 0.455. The Morgan fingerprint density at radius 2 is 2.11 bits per heavy atom. The van der Waals surface area contributed by atoms with E-state index in [1.807, 2.05) is 13.8 Å². The number of halogens is 3. The summed E-state index contributed by atoms with van der Waals surface area (Å²) in [5, 5.41) is 1.73. The summed E-state index contributed by atoms with van der Waals surface area (Å²) in [6.45, 7) is 2.27. The zero-order chi connectivity index (χ0) is 13.8. The summed E-state index contributed by atoms with van der Waals surface area (Å²) in [4.78, 5) is 15.0. The molecule has 0 saturated carbocycles. The van der Waals surface area contributed by atoms with Crippen LogP contribution in [0.3, 0.4) is 0 Å². The second-order valence-electron chi connectivity index (χ2n) is 3.84. The van der Waals surface area contributed by atoms with Gasteiger partial charge < -0.3 is 10.1 Å². The minimum atomic E-state index is -4.43. The van der Waals surface area contributed by atoms with Gasteiger partial charge in [-0.25, -0.2) is 4.98 Å². The molecule has 0 atom stereocenters. The van der Waals surface area contributed by atoms with E-state index >= 15 is 0 Å². The van der Waals surface area contributed by atoms with Gasteiger partial charge >= 0.3 is 6.18 Å². The number of carbonyl (C=O) groups is 1. The van der Waals surface area contributed by atoms with Crippen LogP contribution in [0.4, 0.5) is 13.2 Å². The number of hydrogen-bond acceptors (Lipinski definition) is 3. The maximum absolute atomic E-state index is 11.9. The third kappa shape index (κ3) is 5.03. The number of ether oxygens (including phenoxy) is 1. The Bertz CT molecular complexity index is 402. The maximum atomic E-state index is 11.9. The number of carbonyl (C=O) groups excluding carboxylic acids is 1.